The van der Waals surface area contributed by atoms with Gasteiger partial charge in [0, 0.05) is 35.4 Å². The van der Waals surface area contributed by atoms with Gasteiger partial charge in [-0.25, -0.2) is 0 Å². The maximum absolute atomic E-state index is 13.1. The van der Waals surface area contributed by atoms with E-state index in [0.29, 0.717) is 5.56 Å². The number of amides is 1. The fourth-order valence-electron chi connectivity index (χ4n) is 3.90. The molecule has 25 heavy (non-hydrogen) atoms. The van der Waals surface area contributed by atoms with Gasteiger partial charge in [0.05, 0.1) is 5.56 Å². The molecule has 0 radical (unpaired) electrons. The number of rotatable bonds is 2. The second-order valence-corrected chi connectivity index (χ2v) is 6.72. The molecule has 2 heterocycles. The summed E-state index contributed by atoms with van der Waals surface area (Å²) in [6.45, 7) is 3.88. The normalized spacial score (nSPS) is 16.3. The van der Waals surface area contributed by atoms with Crippen molar-refractivity contribution in [2.45, 2.75) is 26.3 Å². The van der Waals surface area contributed by atoms with Gasteiger partial charge < -0.3 is 9.47 Å². The third-order valence-electron chi connectivity index (χ3n) is 5.25. The van der Waals surface area contributed by atoms with Crippen LogP contribution in [-0.4, -0.2) is 22.3 Å². The first-order chi connectivity index (χ1) is 12.0. The van der Waals surface area contributed by atoms with E-state index in [1.54, 1.807) is 4.90 Å². The molecule has 1 atom stereocenters. The Morgan fingerprint density at radius 1 is 1.04 bits per heavy atom. The lowest BCUT2D eigenvalue weighted by molar-refractivity contribution is -0.115. The Morgan fingerprint density at radius 2 is 1.72 bits per heavy atom. The molecular weight excluding hydrogens is 312 g/mol. The SMILES string of the molecule is Cc1c(C(=O)C(=O)N2c3ccccc3C[C@H]2C)c2ccccc2n1C. The minimum Gasteiger partial charge on any atom is -0.347 e. The molecule has 4 nitrogen and oxygen atoms in total. The number of aryl methyl sites for hydroxylation is 1. The third kappa shape index (κ3) is 2.21. The zero-order valence-electron chi connectivity index (χ0n) is 14.6. The third-order valence-corrected chi connectivity index (χ3v) is 5.25. The molecule has 3 aromatic rings. The van der Waals surface area contributed by atoms with Crippen molar-refractivity contribution in [3.05, 3.63) is 65.4 Å². The number of carbonyl (C=O) groups is 2. The fourth-order valence-corrected chi connectivity index (χ4v) is 3.90. The molecule has 1 aromatic heterocycles. The van der Waals surface area contributed by atoms with E-state index in [4.69, 9.17) is 0 Å². The molecule has 0 unspecified atom stereocenters. The summed E-state index contributed by atoms with van der Waals surface area (Å²) < 4.78 is 1.97. The van der Waals surface area contributed by atoms with E-state index in [0.717, 1.165) is 34.3 Å². The van der Waals surface area contributed by atoms with Crippen LogP contribution in [0.4, 0.5) is 5.69 Å². The number of fused-ring (bicyclic) bond motifs is 2. The molecule has 0 fully saturated rings. The van der Waals surface area contributed by atoms with Crippen LogP contribution in [0, 0.1) is 6.92 Å². The first kappa shape index (κ1) is 15.6. The van der Waals surface area contributed by atoms with Crippen LogP contribution in [0.3, 0.4) is 0 Å². The van der Waals surface area contributed by atoms with Gasteiger partial charge in [0.15, 0.2) is 0 Å². The quantitative estimate of drug-likeness (QED) is 0.531. The Labute approximate surface area is 146 Å². The highest BCUT2D eigenvalue weighted by Gasteiger charge is 2.36. The topological polar surface area (TPSA) is 42.3 Å². The molecule has 126 valence electrons. The van der Waals surface area contributed by atoms with E-state index >= 15 is 0 Å². The van der Waals surface area contributed by atoms with Crippen LogP contribution >= 0.6 is 0 Å². The molecule has 0 saturated heterocycles. The highest BCUT2D eigenvalue weighted by Crippen LogP contribution is 2.33. The minimum absolute atomic E-state index is 0.0101. The van der Waals surface area contributed by atoms with Crippen LogP contribution in [0.1, 0.15) is 28.5 Å². The summed E-state index contributed by atoms with van der Waals surface area (Å²) >= 11 is 0. The minimum atomic E-state index is -0.447. The van der Waals surface area contributed by atoms with Crippen molar-refractivity contribution in [2.75, 3.05) is 4.90 Å². The first-order valence-electron chi connectivity index (χ1n) is 8.50. The molecule has 0 N–H and O–H groups in total. The number of nitrogens with zero attached hydrogens (tertiary/aromatic N) is 2. The highest BCUT2D eigenvalue weighted by atomic mass is 16.2. The van der Waals surface area contributed by atoms with Crippen molar-refractivity contribution in [3.8, 4) is 0 Å². The van der Waals surface area contributed by atoms with Crippen molar-refractivity contribution < 1.29 is 9.59 Å². The maximum atomic E-state index is 13.1. The number of para-hydroxylation sites is 2. The average molecular weight is 332 g/mol. The summed E-state index contributed by atoms with van der Waals surface area (Å²) in [5.41, 5.74) is 4.27. The van der Waals surface area contributed by atoms with E-state index in [9.17, 15) is 9.59 Å². The summed E-state index contributed by atoms with van der Waals surface area (Å²) in [4.78, 5) is 27.9. The Bertz CT molecular complexity index is 1020. The molecular formula is C21H20N2O2. The number of ketones is 1. The van der Waals surface area contributed by atoms with E-state index in [-0.39, 0.29) is 6.04 Å². The van der Waals surface area contributed by atoms with E-state index in [2.05, 4.69) is 0 Å². The van der Waals surface area contributed by atoms with Crippen LogP contribution in [0.25, 0.3) is 10.9 Å². The van der Waals surface area contributed by atoms with E-state index < -0.39 is 11.7 Å². The number of benzene rings is 2. The highest BCUT2D eigenvalue weighted by molar-refractivity contribution is 6.49. The van der Waals surface area contributed by atoms with Crippen LogP contribution < -0.4 is 4.90 Å². The van der Waals surface area contributed by atoms with Crippen molar-refractivity contribution in [1.29, 1.82) is 0 Å². The van der Waals surface area contributed by atoms with Gasteiger partial charge in [-0.3, -0.25) is 9.59 Å². The van der Waals surface area contributed by atoms with Crippen molar-refractivity contribution in [1.82, 2.24) is 4.57 Å². The Kier molecular flexibility index (Phi) is 3.49. The summed E-state index contributed by atoms with van der Waals surface area (Å²) in [6, 6.07) is 15.5. The fraction of sp³-hybridized carbons (Fsp3) is 0.238. The van der Waals surface area contributed by atoms with Crippen molar-refractivity contribution >= 4 is 28.3 Å². The van der Waals surface area contributed by atoms with E-state index in [1.165, 1.54) is 0 Å². The molecule has 2 aromatic carbocycles. The summed E-state index contributed by atoms with van der Waals surface area (Å²) in [5, 5.41) is 0.834. The molecule has 1 aliphatic rings. The number of carbonyl (C=O) groups excluding carboxylic acids is 2. The van der Waals surface area contributed by atoms with Crippen LogP contribution in [0.2, 0.25) is 0 Å². The van der Waals surface area contributed by atoms with Gasteiger partial charge in [-0.2, -0.15) is 0 Å². The standard InChI is InChI=1S/C21H20N2O2/c1-13-12-15-8-4-6-10-17(15)23(13)21(25)20(24)19-14(2)22(3)18-11-7-5-9-16(18)19/h4-11,13H,12H2,1-3H3/t13-/m1/s1. The Morgan fingerprint density at radius 3 is 2.52 bits per heavy atom. The molecule has 0 saturated carbocycles. The van der Waals surface area contributed by atoms with Crippen LogP contribution in [-0.2, 0) is 18.3 Å². The molecule has 1 amide bonds. The lowest BCUT2D eigenvalue weighted by Crippen LogP contribution is -2.40. The number of aromatic nitrogens is 1. The van der Waals surface area contributed by atoms with Gasteiger partial charge in [0.2, 0.25) is 0 Å². The molecule has 0 aliphatic carbocycles. The second-order valence-electron chi connectivity index (χ2n) is 6.72. The van der Waals surface area contributed by atoms with Crippen molar-refractivity contribution in [2.24, 2.45) is 7.05 Å². The zero-order chi connectivity index (χ0) is 17.7. The second kappa shape index (κ2) is 5.59. The zero-order valence-corrected chi connectivity index (χ0v) is 14.6. The van der Waals surface area contributed by atoms with Gasteiger partial charge in [-0.05, 0) is 38.0 Å². The molecule has 4 rings (SSSR count). The monoisotopic (exact) mass is 332 g/mol. The number of hydrogen-bond acceptors (Lipinski definition) is 2. The predicted octanol–water partition coefficient (Wildman–Crippen LogP) is 3.65. The molecule has 1 aliphatic heterocycles. The number of Topliss-reactive ketones (excluding diaryl/α,β-unsaturated/α-hetero) is 1. The van der Waals surface area contributed by atoms with E-state index in [1.807, 2.05) is 74.0 Å². The molecule has 0 bridgehead atoms. The average Bonchev–Trinajstić information content (AvgIpc) is 3.08. The Balaban J connectivity index is 1.80. The lowest BCUT2D eigenvalue weighted by atomic mass is 10.1. The van der Waals surface area contributed by atoms with Gasteiger partial charge in [0.25, 0.3) is 11.7 Å². The van der Waals surface area contributed by atoms with Crippen molar-refractivity contribution in [3.63, 3.8) is 0 Å². The Hall–Kier alpha value is -2.88. The summed E-state index contributed by atoms with van der Waals surface area (Å²) in [7, 11) is 1.92. The van der Waals surface area contributed by atoms with Gasteiger partial charge in [-0.15, -0.1) is 0 Å². The lowest BCUT2D eigenvalue weighted by Gasteiger charge is -2.22. The van der Waals surface area contributed by atoms with Gasteiger partial charge in [0.1, 0.15) is 0 Å². The summed E-state index contributed by atoms with van der Waals surface area (Å²) in [5.74, 6) is -0.880. The van der Waals surface area contributed by atoms with Gasteiger partial charge in [-0.1, -0.05) is 36.4 Å². The first-order valence-corrected chi connectivity index (χ1v) is 8.50. The van der Waals surface area contributed by atoms with Crippen LogP contribution in [0.5, 0.6) is 0 Å². The molecule has 0 spiro atoms. The summed E-state index contributed by atoms with van der Waals surface area (Å²) in [6.07, 6.45) is 0.781. The maximum Gasteiger partial charge on any atom is 0.299 e. The largest absolute Gasteiger partial charge is 0.347 e. The number of anilines is 1. The smallest absolute Gasteiger partial charge is 0.299 e. The molecule has 4 heteroatoms. The van der Waals surface area contributed by atoms with Crippen LogP contribution in [0.15, 0.2) is 48.5 Å². The predicted molar refractivity (Wildman–Crippen MR) is 99.1 cm³/mol. The van der Waals surface area contributed by atoms with Gasteiger partial charge >= 0.3 is 0 Å². The number of hydrogen-bond donors (Lipinski definition) is 0.